The Morgan fingerprint density at radius 1 is 1.30 bits per heavy atom. The van der Waals surface area contributed by atoms with Crippen LogP contribution in [0.3, 0.4) is 0 Å². The van der Waals surface area contributed by atoms with Crippen molar-refractivity contribution in [3.63, 3.8) is 0 Å². The summed E-state index contributed by atoms with van der Waals surface area (Å²) in [5, 5.41) is 5.37. The van der Waals surface area contributed by atoms with Gasteiger partial charge in [-0.25, -0.2) is 9.36 Å². The van der Waals surface area contributed by atoms with Crippen LogP contribution in [-0.4, -0.2) is 24.3 Å². The number of nitrogens with zero attached hydrogens (tertiary/aromatic N) is 5. The zero-order chi connectivity index (χ0) is 16.0. The Morgan fingerprint density at radius 2 is 2.09 bits per heavy atom. The molecular formula is C16H18N6O. The number of hydrogen-bond acceptors (Lipinski definition) is 5. The smallest absolute Gasteiger partial charge is 0.355 e. The van der Waals surface area contributed by atoms with Gasteiger partial charge in [0, 0.05) is 12.4 Å². The van der Waals surface area contributed by atoms with Crippen molar-refractivity contribution in [3.05, 3.63) is 40.7 Å². The van der Waals surface area contributed by atoms with Crippen molar-refractivity contribution in [1.82, 2.24) is 24.3 Å². The normalized spacial score (nSPS) is 15.5. The predicted molar refractivity (Wildman–Crippen MR) is 87.6 cm³/mol. The van der Waals surface area contributed by atoms with Crippen molar-refractivity contribution in [2.24, 2.45) is 0 Å². The summed E-state index contributed by atoms with van der Waals surface area (Å²) in [5.41, 5.74) is 7.51. The molecule has 1 saturated carbocycles. The van der Waals surface area contributed by atoms with Gasteiger partial charge in [0.1, 0.15) is 5.82 Å². The number of pyridine rings is 1. The Kier molecular flexibility index (Phi) is 3.14. The standard InChI is InChI=1S/C16H18N6O/c1-10-13(7-4-8-18-10)22-15-12(14(17)19-16(22)23)9-21(20-15)11-5-2-3-6-11/h4,7-9,11H,2-3,5-6H2,1H3,(H2,17,19,23). The van der Waals surface area contributed by atoms with Gasteiger partial charge >= 0.3 is 5.69 Å². The van der Waals surface area contributed by atoms with E-state index in [9.17, 15) is 4.79 Å². The summed E-state index contributed by atoms with van der Waals surface area (Å²) in [6, 6.07) is 4.01. The van der Waals surface area contributed by atoms with Gasteiger partial charge in [0.2, 0.25) is 0 Å². The van der Waals surface area contributed by atoms with Gasteiger partial charge < -0.3 is 5.73 Å². The summed E-state index contributed by atoms with van der Waals surface area (Å²) in [7, 11) is 0. The first-order chi connectivity index (χ1) is 11.1. The van der Waals surface area contributed by atoms with E-state index in [0.29, 0.717) is 22.8 Å². The minimum absolute atomic E-state index is 0.229. The Hall–Kier alpha value is -2.70. The average molecular weight is 310 g/mol. The van der Waals surface area contributed by atoms with E-state index in [2.05, 4.69) is 15.1 Å². The molecule has 0 amide bonds. The third-order valence-corrected chi connectivity index (χ3v) is 4.53. The first kappa shape index (κ1) is 13.9. The molecule has 1 aliphatic carbocycles. The zero-order valence-electron chi connectivity index (χ0n) is 12.9. The Labute approximate surface area is 132 Å². The van der Waals surface area contributed by atoms with E-state index in [1.165, 1.54) is 17.4 Å². The first-order valence-electron chi connectivity index (χ1n) is 7.84. The number of nitrogens with two attached hydrogens (primary N) is 1. The SMILES string of the molecule is Cc1ncccc1-n1c(=O)nc(N)c2cn(C3CCCC3)nc21. The van der Waals surface area contributed by atoms with Gasteiger partial charge in [-0.3, -0.25) is 9.67 Å². The third-order valence-electron chi connectivity index (χ3n) is 4.53. The minimum atomic E-state index is -0.428. The molecule has 1 fully saturated rings. The number of rotatable bonds is 2. The van der Waals surface area contributed by atoms with Crippen molar-refractivity contribution in [1.29, 1.82) is 0 Å². The molecule has 118 valence electrons. The van der Waals surface area contributed by atoms with Gasteiger partial charge in [-0.2, -0.15) is 10.1 Å². The fourth-order valence-corrected chi connectivity index (χ4v) is 3.32. The van der Waals surface area contributed by atoms with Crippen LogP contribution in [0.4, 0.5) is 5.82 Å². The Bertz CT molecular complexity index is 935. The number of aromatic nitrogens is 5. The molecular weight excluding hydrogens is 292 g/mol. The van der Waals surface area contributed by atoms with Crippen LogP contribution in [0.25, 0.3) is 16.7 Å². The molecule has 3 aromatic rings. The number of anilines is 1. The largest absolute Gasteiger partial charge is 0.383 e. The summed E-state index contributed by atoms with van der Waals surface area (Å²) in [6.45, 7) is 1.86. The van der Waals surface area contributed by atoms with E-state index >= 15 is 0 Å². The lowest BCUT2D eigenvalue weighted by Crippen LogP contribution is -2.24. The molecule has 3 heterocycles. The maximum Gasteiger partial charge on any atom is 0.355 e. The minimum Gasteiger partial charge on any atom is -0.383 e. The van der Waals surface area contributed by atoms with Gasteiger partial charge in [0.05, 0.1) is 22.8 Å². The zero-order valence-corrected chi connectivity index (χ0v) is 12.9. The van der Waals surface area contributed by atoms with Crippen LogP contribution >= 0.6 is 0 Å². The van der Waals surface area contributed by atoms with Crippen molar-refractivity contribution in [3.8, 4) is 5.69 Å². The van der Waals surface area contributed by atoms with E-state index in [1.54, 1.807) is 12.3 Å². The number of nitrogen functional groups attached to an aromatic ring is 1. The van der Waals surface area contributed by atoms with Crippen LogP contribution < -0.4 is 11.4 Å². The molecule has 0 bridgehead atoms. The maximum absolute atomic E-state index is 12.4. The number of hydrogen-bond donors (Lipinski definition) is 1. The van der Waals surface area contributed by atoms with Crippen molar-refractivity contribution >= 4 is 16.9 Å². The van der Waals surface area contributed by atoms with Gasteiger partial charge in [-0.15, -0.1) is 0 Å². The highest BCUT2D eigenvalue weighted by Gasteiger charge is 2.21. The van der Waals surface area contributed by atoms with Crippen molar-refractivity contribution < 1.29 is 0 Å². The van der Waals surface area contributed by atoms with E-state index in [4.69, 9.17) is 5.73 Å². The molecule has 1 aliphatic rings. The van der Waals surface area contributed by atoms with Crippen LogP contribution in [0.1, 0.15) is 37.4 Å². The van der Waals surface area contributed by atoms with E-state index in [0.717, 1.165) is 18.5 Å². The first-order valence-corrected chi connectivity index (χ1v) is 7.84. The third kappa shape index (κ3) is 2.19. The molecule has 0 radical (unpaired) electrons. The average Bonchev–Trinajstić information content (AvgIpc) is 3.17. The molecule has 0 spiro atoms. The highest BCUT2D eigenvalue weighted by Crippen LogP contribution is 2.31. The monoisotopic (exact) mass is 310 g/mol. The molecule has 3 aromatic heterocycles. The maximum atomic E-state index is 12.4. The van der Waals surface area contributed by atoms with Crippen LogP contribution in [0.2, 0.25) is 0 Å². The van der Waals surface area contributed by atoms with Gasteiger partial charge in [0.25, 0.3) is 0 Å². The van der Waals surface area contributed by atoms with Gasteiger partial charge in [-0.1, -0.05) is 12.8 Å². The van der Waals surface area contributed by atoms with Crippen LogP contribution in [0.15, 0.2) is 29.3 Å². The fraction of sp³-hybridized carbons (Fsp3) is 0.375. The number of aryl methyl sites for hydroxylation is 1. The molecule has 0 unspecified atom stereocenters. The van der Waals surface area contributed by atoms with Crippen molar-refractivity contribution in [2.45, 2.75) is 38.6 Å². The lowest BCUT2D eigenvalue weighted by atomic mass is 10.2. The van der Waals surface area contributed by atoms with Crippen LogP contribution in [0.5, 0.6) is 0 Å². The lowest BCUT2D eigenvalue weighted by Gasteiger charge is -2.09. The van der Waals surface area contributed by atoms with Crippen LogP contribution in [-0.2, 0) is 0 Å². The van der Waals surface area contributed by atoms with Gasteiger partial charge in [-0.05, 0) is 31.9 Å². The molecule has 0 aromatic carbocycles. The Balaban J connectivity index is 2.00. The quantitative estimate of drug-likeness (QED) is 0.781. The molecule has 7 heteroatoms. The molecule has 7 nitrogen and oxygen atoms in total. The van der Waals surface area contributed by atoms with E-state index in [1.807, 2.05) is 23.9 Å². The molecule has 0 atom stereocenters. The number of fused-ring (bicyclic) bond motifs is 1. The van der Waals surface area contributed by atoms with E-state index < -0.39 is 5.69 Å². The fourth-order valence-electron chi connectivity index (χ4n) is 3.32. The van der Waals surface area contributed by atoms with E-state index in [-0.39, 0.29) is 5.82 Å². The van der Waals surface area contributed by atoms with Crippen molar-refractivity contribution in [2.75, 3.05) is 5.73 Å². The summed E-state index contributed by atoms with van der Waals surface area (Å²) >= 11 is 0. The summed E-state index contributed by atoms with van der Waals surface area (Å²) < 4.78 is 3.44. The van der Waals surface area contributed by atoms with Crippen LogP contribution in [0, 0.1) is 6.92 Å². The predicted octanol–water partition coefficient (Wildman–Crippen LogP) is 1.98. The second-order valence-electron chi connectivity index (χ2n) is 6.01. The highest BCUT2D eigenvalue weighted by molar-refractivity contribution is 5.86. The molecule has 4 rings (SSSR count). The highest BCUT2D eigenvalue weighted by atomic mass is 16.1. The topological polar surface area (TPSA) is 91.6 Å². The molecule has 2 N–H and O–H groups in total. The summed E-state index contributed by atoms with van der Waals surface area (Å²) in [4.78, 5) is 20.7. The second kappa shape index (κ2) is 5.19. The summed E-state index contributed by atoms with van der Waals surface area (Å²) in [5.74, 6) is 0.229. The molecule has 23 heavy (non-hydrogen) atoms. The lowest BCUT2D eigenvalue weighted by molar-refractivity contribution is 0.469. The summed E-state index contributed by atoms with van der Waals surface area (Å²) in [6.07, 6.45) is 8.25. The molecule has 0 aliphatic heterocycles. The molecule has 0 saturated heterocycles. The van der Waals surface area contributed by atoms with Gasteiger partial charge in [0.15, 0.2) is 5.65 Å². The second-order valence-corrected chi connectivity index (χ2v) is 6.01. The Morgan fingerprint density at radius 3 is 2.83 bits per heavy atom.